The molecule has 1 aromatic rings. The Bertz CT molecular complexity index is 703. The molecule has 2 fully saturated rings. The van der Waals surface area contributed by atoms with E-state index in [9.17, 15) is 8.42 Å². The third-order valence-electron chi connectivity index (χ3n) is 4.79. The predicted octanol–water partition coefficient (Wildman–Crippen LogP) is 0.740. The number of nitrogens with one attached hydrogen (secondary N) is 1. The number of nitrogens with zero attached hydrogens (tertiary/aromatic N) is 5. The number of anilines is 1. The van der Waals surface area contributed by atoms with Crippen molar-refractivity contribution in [2.45, 2.75) is 38.3 Å². The molecule has 2 saturated heterocycles. The highest BCUT2D eigenvalue weighted by Gasteiger charge is 2.41. The summed E-state index contributed by atoms with van der Waals surface area (Å²) in [4.78, 5) is 11.2. The number of aromatic nitrogens is 2. The Morgan fingerprint density at radius 1 is 1.20 bits per heavy atom. The molecule has 0 bridgehead atoms. The van der Waals surface area contributed by atoms with Crippen molar-refractivity contribution in [1.82, 2.24) is 23.9 Å². The Morgan fingerprint density at radius 3 is 2.56 bits per heavy atom. The van der Waals surface area contributed by atoms with Crippen LogP contribution in [-0.2, 0) is 16.8 Å². The van der Waals surface area contributed by atoms with Crippen LogP contribution >= 0.6 is 0 Å². The largest absolute Gasteiger partial charge is 0.363 e. The van der Waals surface area contributed by atoms with Crippen LogP contribution < -0.4 is 10.2 Å². The molecule has 2 aliphatic rings. The predicted molar refractivity (Wildman–Crippen MR) is 97.5 cm³/mol. The van der Waals surface area contributed by atoms with E-state index in [-0.39, 0.29) is 6.04 Å². The second kappa shape index (κ2) is 7.53. The Balaban J connectivity index is 1.94. The molecular weight excluding hydrogens is 340 g/mol. The van der Waals surface area contributed by atoms with Crippen molar-refractivity contribution in [2.75, 3.05) is 45.7 Å². The van der Waals surface area contributed by atoms with E-state index in [0.717, 1.165) is 37.2 Å². The highest BCUT2D eigenvalue weighted by molar-refractivity contribution is 7.86. The summed E-state index contributed by atoms with van der Waals surface area (Å²) in [6.45, 7) is 2.41. The Kier molecular flexibility index (Phi) is 5.57. The van der Waals surface area contributed by atoms with Gasteiger partial charge in [0.05, 0.1) is 11.7 Å². The minimum absolute atomic E-state index is 0.277. The molecule has 9 heteroatoms. The molecule has 0 aliphatic carbocycles. The van der Waals surface area contributed by atoms with E-state index in [1.165, 1.54) is 0 Å². The molecule has 1 aromatic heterocycles. The van der Waals surface area contributed by atoms with Crippen LogP contribution in [0.2, 0.25) is 0 Å². The van der Waals surface area contributed by atoms with Gasteiger partial charge in [0, 0.05) is 46.3 Å². The molecule has 1 N–H and O–H groups in total. The van der Waals surface area contributed by atoms with Crippen molar-refractivity contribution in [3.05, 3.63) is 17.6 Å². The normalized spacial score (nSPS) is 22.6. The summed E-state index contributed by atoms with van der Waals surface area (Å²) in [5, 5.41) is 3.11. The maximum atomic E-state index is 13.0. The summed E-state index contributed by atoms with van der Waals surface area (Å²) < 4.78 is 29.3. The second-order valence-electron chi connectivity index (χ2n) is 6.88. The zero-order chi connectivity index (χ0) is 18.0. The van der Waals surface area contributed by atoms with E-state index in [4.69, 9.17) is 0 Å². The highest BCUT2D eigenvalue weighted by atomic mass is 32.2. The number of rotatable bonds is 6. The quantitative estimate of drug-likeness (QED) is 0.798. The van der Waals surface area contributed by atoms with Gasteiger partial charge in [-0.15, -0.1) is 0 Å². The molecule has 0 amide bonds. The van der Waals surface area contributed by atoms with Crippen LogP contribution in [0.4, 0.5) is 5.82 Å². The monoisotopic (exact) mass is 368 g/mol. The van der Waals surface area contributed by atoms with Crippen LogP contribution in [0, 0.1) is 0 Å². The molecule has 1 unspecified atom stereocenters. The molecule has 1 atom stereocenters. The van der Waals surface area contributed by atoms with Crippen molar-refractivity contribution in [3.63, 3.8) is 0 Å². The Morgan fingerprint density at radius 2 is 1.92 bits per heavy atom. The van der Waals surface area contributed by atoms with Gasteiger partial charge in [0.25, 0.3) is 10.2 Å². The summed E-state index contributed by atoms with van der Waals surface area (Å²) in [6.07, 6.45) is 3.49. The lowest BCUT2D eigenvalue weighted by atomic mass is 10.2. The lowest BCUT2D eigenvalue weighted by Gasteiger charge is -2.28. The van der Waals surface area contributed by atoms with Crippen molar-refractivity contribution in [3.8, 4) is 0 Å². The zero-order valence-electron chi connectivity index (χ0n) is 15.3. The maximum Gasteiger partial charge on any atom is 0.282 e. The summed E-state index contributed by atoms with van der Waals surface area (Å²) in [7, 11) is 2.30. The van der Waals surface area contributed by atoms with Gasteiger partial charge < -0.3 is 10.2 Å². The van der Waals surface area contributed by atoms with Gasteiger partial charge in [0.1, 0.15) is 11.6 Å². The minimum atomic E-state index is -3.44. The van der Waals surface area contributed by atoms with Crippen molar-refractivity contribution in [2.24, 2.45) is 0 Å². The summed E-state index contributed by atoms with van der Waals surface area (Å²) in [5.74, 6) is 1.41. The first-order valence-corrected chi connectivity index (χ1v) is 10.3. The van der Waals surface area contributed by atoms with Gasteiger partial charge in [-0.2, -0.15) is 17.0 Å². The fraction of sp³-hybridized carbons (Fsp3) is 0.750. The van der Waals surface area contributed by atoms with Crippen molar-refractivity contribution < 1.29 is 8.42 Å². The standard InChI is InChI=1S/C16H28N6O2S/c1-17-12-13-11-15(20(2)3)19-16(18-13)14-7-6-10-22(14)25(23,24)21-8-4-5-9-21/h11,14,17H,4-10,12H2,1-3H3. The fourth-order valence-electron chi connectivity index (χ4n) is 3.49. The molecule has 25 heavy (non-hydrogen) atoms. The molecule has 3 rings (SSSR count). The molecule has 140 valence electrons. The Hall–Kier alpha value is -1.29. The van der Waals surface area contributed by atoms with Crippen molar-refractivity contribution in [1.29, 1.82) is 0 Å². The topological polar surface area (TPSA) is 81.7 Å². The SMILES string of the molecule is CNCc1cc(N(C)C)nc(C2CCCN2S(=O)(=O)N2CCCC2)n1. The van der Waals surface area contributed by atoms with Crippen LogP contribution in [0.15, 0.2) is 6.07 Å². The number of hydrogen-bond acceptors (Lipinski definition) is 6. The second-order valence-corrected chi connectivity index (χ2v) is 8.76. The summed E-state index contributed by atoms with van der Waals surface area (Å²) in [6, 6.07) is 1.66. The molecule has 0 radical (unpaired) electrons. The van der Waals surface area contributed by atoms with Crippen LogP contribution in [0.25, 0.3) is 0 Å². The van der Waals surface area contributed by atoms with Crippen LogP contribution in [0.3, 0.4) is 0 Å². The van der Waals surface area contributed by atoms with E-state index < -0.39 is 10.2 Å². The molecule has 3 heterocycles. The minimum Gasteiger partial charge on any atom is -0.363 e. The van der Waals surface area contributed by atoms with E-state index >= 15 is 0 Å². The number of hydrogen-bond donors (Lipinski definition) is 1. The first-order valence-electron chi connectivity index (χ1n) is 8.90. The summed E-state index contributed by atoms with van der Waals surface area (Å²) >= 11 is 0. The van der Waals surface area contributed by atoms with E-state index in [0.29, 0.717) is 32.0 Å². The first kappa shape index (κ1) is 18.5. The fourth-order valence-corrected chi connectivity index (χ4v) is 5.39. The third-order valence-corrected chi connectivity index (χ3v) is 6.84. The van der Waals surface area contributed by atoms with Crippen LogP contribution in [0.1, 0.15) is 43.2 Å². The first-order chi connectivity index (χ1) is 11.9. The van der Waals surface area contributed by atoms with Gasteiger partial charge in [0.15, 0.2) is 0 Å². The lowest BCUT2D eigenvalue weighted by Crippen LogP contribution is -2.42. The molecule has 2 aliphatic heterocycles. The van der Waals surface area contributed by atoms with Gasteiger partial charge >= 0.3 is 0 Å². The van der Waals surface area contributed by atoms with Crippen LogP contribution in [-0.4, -0.2) is 67.8 Å². The smallest absolute Gasteiger partial charge is 0.282 e. The van der Waals surface area contributed by atoms with Gasteiger partial charge in [-0.25, -0.2) is 9.97 Å². The molecular formula is C16H28N6O2S. The molecule has 8 nitrogen and oxygen atoms in total. The van der Waals surface area contributed by atoms with E-state index in [1.54, 1.807) is 8.61 Å². The summed E-state index contributed by atoms with van der Waals surface area (Å²) in [5.41, 5.74) is 0.877. The maximum absolute atomic E-state index is 13.0. The average molecular weight is 369 g/mol. The Labute approximate surface area is 150 Å². The van der Waals surface area contributed by atoms with Crippen LogP contribution in [0.5, 0.6) is 0 Å². The van der Waals surface area contributed by atoms with E-state index in [2.05, 4.69) is 15.3 Å². The van der Waals surface area contributed by atoms with E-state index in [1.807, 2.05) is 32.1 Å². The van der Waals surface area contributed by atoms with Crippen molar-refractivity contribution >= 4 is 16.0 Å². The molecule has 0 spiro atoms. The third kappa shape index (κ3) is 3.79. The van der Waals surface area contributed by atoms with Gasteiger partial charge in [0.2, 0.25) is 0 Å². The molecule has 0 saturated carbocycles. The average Bonchev–Trinajstić information content (AvgIpc) is 3.27. The highest BCUT2D eigenvalue weighted by Crippen LogP contribution is 2.35. The van der Waals surface area contributed by atoms with Gasteiger partial charge in [-0.1, -0.05) is 0 Å². The molecule has 0 aromatic carbocycles. The zero-order valence-corrected chi connectivity index (χ0v) is 16.1. The van der Waals surface area contributed by atoms with Gasteiger partial charge in [-0.05, 0) is 32.7 Å². The van der Waals surface area contributed by atoms with Gasteiger partial charge in [-0.3, -0.25) is 0 Å². The lowest BCUT2D eigenvalue weighted by molar-refractivity contribution is 0.340.